The maximum absolute atomic E-state index is 11.5. The first-order chi connectivity index (χ1) is 10.6. The second kappa shape index (κ2) is 7.81. The van der Waals surface area contributed by atoms with E-state index in [-0.39, 0.29) is 11.5 Å². The molecule has 0 aliphatic carbocycles. The number of rotatable bonds is 5. The van der Waals surface area contributed by atoms with Crippen molar-refractivity contribution >= 4 is 18.0 Å². The Bertz CT molecular complexity index is 612. The number of alkyl carbamates (subject to hydrolysis) is 1. The van der Waals surface area contributed by atoms with Crippen molar-refractivity contribution in [1.29, 1.82) is 0 Å². The van der Waals surface area contributed by atoms with Gasteiger partial charge in [0.2, 0.25) is 0 Å². The van der Waals surface area contributed by atoms with Gasteiger partial charge < -0.3 is 15.2 Å². The number of nitrogens with one attached hydrogen (secondary N) is 1. The molecule has 0 bridgehead atoms. The Morgan fingerprint density at radius 3 is 2.52 bits per heavy atom. The van der Waals surface area contributed by atoms with E-state index < -0.39 is 11.7 Å². The largest absolute Gasteiger partial charge is 0.507 e. The third-order valence-electron chi connectivity index (χ3n) is 3.04. The number of benzene rings is 1. The average Bonchev–Trinajstić information content (AvgIpc) is 2.39. The monoisotopic (exact) mass is 319 g/mol. The highest BCUT2D eigenvalue weighted by Crippen LogP contribution is 2.23. The van der Waals surface area contributed by atoms with Gasteiger partial charge in [-0.3, -0.25) is 4.79 Å². The summed E-state index contributed by atoms with van der Waals surface area (Å²) in [7, 11) is 0. The van der Waals surface area contributed by atoms with Gasteiger partial charge in [0, 0.05) is 6.54 Å². The lowest BCUT2D eigenvalue weighted by molar-refractivity contribution is 0.0528. The highest BCUT2D eigenvalue weighted by molar-refractivity contribution is 5.97. The van der Waals surface area contributed by atoms with Crippen molar-refractivity contribution in [3.8, 4) is 5.75 Å². The number of aryl methyl sites for hydroxylation is 1. The molecule has 0 spiro atoms. The summed E-state index contributed by atoms with van der Waals surface area (Å²) in [6, 6.07) is 3.25. The van der Waals surface area contributed by atoms with Gasteiger partial charge in [-0.15, -0.1) is 0 Å². The van der Waals surface area contributed by atoms with Crippen molar-refractivity contribution in [2.24, 2.45) is 0 Å². The molecule has 0 aliphatic heterocycles. The van der Waals surface area contributed by atoms with E-state index in [1.54, 1.807) is 12.1 Å². The van der Waals surface area contributed by atoms with E-state index in [4.69, 9.17) is 4.74 Å². The molecule has 0 saturated carbocycles. The number of phenols is 1. The van der Waals surface area contributed by atoms with Crippen LogP contribution in [0, 0.1) is 6.92 Å². The predicted octanol–water partition coefficient (Wildman–Crippen LogP) is 3.83. The van der Waals surface area contributed by atoms with Crippen molar-refractivity contribution in [2.45, 2.75) is 46.6 Å². The lowest BCUT2D eigenvalue weighted by Gasteiger charge is -2.19. The standard InChI is InChI=1S/C18H25NO4/c1-12-10-15(13(2)20)16(21)11-14(12)8-6-7-9-19-17(22)23-18(3,4)5/h6,8,10-11,21H,7,9H2,1-5H3,(H,19,22). The number of amides is 1. The molecule has 0 heterocycles. The molecule has 5 heteroatoms. The number of Topliss-reactive ketones (excluding diaryl/α,β-unsaturated/α-hetero) is 1. The van der Waals surface area contributed by atoms with Gasteiger partial charge in [-0.25, -0.2) is 4.79 Å². The van der Waals surface area contributed by atoms with Crippen LogP contribution >= 0.6 is 0 Å². The van der Waals surface area contributed by atoms with E-state index in [0.29, 0.717) is 18.5 Å². The number of ketones is 1. The van der Waals surface area contributed by atoms with E-state index >= 15 is 0 Å². The van der Waals surface area contributed by atoms with E-state index in [1.807, 2.05) is 39.8 Å². The van der Waals surface area contributed by atoms with Crippen LogP contribution in [-0.2, 0) is 4.74 Å². The fourth-order valence-corrected chi connectivity index (χ4v) is 1.96. The van der Waals surface area contributed by atoms with Gasteiger partial charge in [0.15, 0.2) is 5.78 Å². The molecule has 126 valence electrons. The molecule has 2 N–H and O–H groups in total. The van der Waals surface area contributed by atoms with Gasteiger partial charge in [0.05, 0.1) is 5.56 Å². The van der Waals surface area contributed by atoms with Crippen LogP contribution in [0.3, 0.4) is 0 Å². The molecule has 0 fully saturated rings. The minimum absolute atomic E-state index is 0.0189. The molecule has 1 amide bonds. The third-order valence-corrected chi connectivity index (χ3v) is 3.04. The molecule has 5 nitrogen and oxygen atoms in total. The second-order valence-electron chi connectivity index (χ2n) is 6.40. The zero-order valence-electron chi connectivity index (χ0n) is 14.4. The van der Waals surface area contributed by atoms with Crippen molar-refractivity contribution < 1.29 is 19.4 Å². The SMILES string of the molecule is CC(=O)c1cc(C)c(C=CCCNC(=O)OC(C)(C)C)cc1O. The first kappa shape index (κ1) is 18.7. The number of hydrogen-bond acceptors (Lipinski definition) is 4. The zero-order valence-corrected chi connectivity index (χ0v) is 14.4. The summed E-state index contributed by atoms with van der Waals surface area (Å²) in [6.45, 7) is 9.20. The summed E-state index contributed by atoms with van der Waals surface area (Å²) in [4.78, 5) is 22.8. The summed E-state index contributed by atoms with van der Waals surface area (Å²) in [5, 5.41) is 12.5. The molecule has 0 saturated heterocycles. The quantitative estimate of drug-likeness (QED) is 0.639. The van der Waals surface area contributed by atoms with Gasteiger partial charge in [-0.05, 0) is 64.3 Å². The van der Waals surface area contributed by atoms with Crippen LogP contribution in [0.2, 0.25) is 0 Å². The van der Waals surface area contributed by atoms with Gasteiger partial charge >= 0.3 is 6.09 Å². The minimum Gasteiger partial charge on any atom is -0.507 e. The molecule has 0 unspecified atom stereocenters. The summed E-state index contributed by atoms with van der Waals surface area (Å²) in [5.41, 5.74) is 1.56. The summed E-state index contributed by atoms with van der Waals surface area (Å²) in [5.74, 6) is -0.183. The van der Waals surface area contributed by atoms with Crippen LogP contribution in [0.5, 0.6) is 5.75 Å². The van der Waals surface area contributed by atoms with E-state index in [2.05, 4.69) is 5.32 Å². The number of phenolic OH excluding ortho intramolecular Hbond substituents is 1. The van der Waals surface area contributed by atoms with Crippen LogP contribution in [0.25, 0.3) is 6.08 Å². The predicted molar refractivity (Wildman–Crippen MR) is 90.7 cm³/mol. The van der Waals surface area contributed by atoms with Crippen molar-refractivity contribution in [3.05, 3.63) is 34.9 Å². The number of ether oxygens (including phenoxy) is 1. The topological polar surface area (TPSA) is 75.6 Å². The Balaban J connectivity index is 2.54. The molecule has 0 aromatic heterocycles. The molecular weight excluding hydrogens is 294 g/mol. The van der Waals surface area contributed by atoms with Gasteiger partial charge in [0.1, 0.15) is 11.4 Å². The van der Waals surface area contributed by atoms with Crippen LogP contribution in [0.15, 0.2) is 18.2 Å². The summed E-state index contributed by atoms with van der Waals surface area (Å²) < 4.78 is 5.13. The van der Waals surface area contributed by atoms with E-state index in [0.717, 1.165) is 11.1 Å². The third kappa shape index (κ3) is 6.55. The lowest BCUT2D eigenvalue weighted by atomic mass is 10.0. The maximum Gasteiger partial charge on any atom is 0.407 e. The molecule has 0 aliphatic rings. The average molecular weight is 319 g/mol. The highest BCUT2D eigenvalue weighted by atomic mass is 16.6. The Morgan fingerprint density at radius 1 is 1.30 bits per heavy atom. The van der Waals surface area contributed by atoms with Crippen LogP contribution < -0.4 is 5.32 Å². The Labute approximate surface area is 137 Å². The summed E-state index contributed by atoms with van der Waals surface area (Å²) >= 11 is 0. The first-order valence-corrected chi connectivity index (χ1v) is 7.58. The minimum atomic E-state index is -0.507. The van der Waals surface area contributed by atoms with Crippen molar-refractivity contribution in [1.82, 2.24) is 5.32 Å². The fourth-order valence-electron chi connectivity index (χ4n) is 1.96. The van der Waals surface area contributed by atoms with E-state index in [1.165, 1.54) is 6.92 Å². The first-order valence-electron chi connectivity index (χ1n) is 7.58. The second-order valence-corrected chi connectivity index (χ2v) is 6.40. The number of carbonyl (C=O) groups excluding carboxylic acids is 2. The zero-order chi connectivity index (χ0) is 17.6. The smallest absolute Gasteiger partial charge is 0.407 e. The van der Waals surface area contributed by atoms with Crippen molar-refractivity contribution in [3.63, 3.8) is 0 Å². The molecule has 0 atom stereocenters. The molecule has 1 aromatic rings. The Kier molecular flexibility index (Phi) is 6.37. The Hall–Kier alpha value is -2.30. The summed E-state index contributed by atoms with van der Waals surface area (Å²) in [6.07, 6.45) is 3.95. The molecule has 0 radical (unpaired) electrons. The van der Waals surface area contributed by atoms with Gasteiger partial charge in [-0.1, -0.05) is 12.2 Å². The lowest BCUT2D eigenvalue weighted by Crippen LogP contribution is -2.32. The Morgan fingerprint density at radius 2 is 1.96 bits per heavy atom. The van der Waals surface area contributed by atoms with Crippen LogP contribution in [-0.4, -0.2) is 29.1 Å². The molecular formula is C18H25NO4. The molecule has 1 aromatic carbocycles. The fraction of sp³-hybridized carbons (Fsp3) is 0.444. The number of hydrogen-bond donors (Lipinski definition) is 2. The van der Waals surface area contributed by atoms with Crippen LogP contribution in [0.4, 0.5) is 4.79 Å². The number of aromatic hydroxyl groups is 1. The highest BCUT2D eigenvalue weighted by Gasteiger charge is 2.15. The maximum atomic E-state index is 11.5. The van der Waals surface area contributed by atoms with Gasteiger partial charge in [-0.2, -0.15) is 0 Å². The van der Waals surface area contributed by atoms with E-state index in [9.17, 15) is 14.7 Å². The van der Waals surface area contributed by atoms with Crippen molar-refractivity contribution in [2.75, 3.05) is 6.54 Å². The molecule has 1 rings (SSSR count). The normalized spacial score (nSPS) is 11.5. The number of carbonyl (C=O) groups is 2. The van der Waals surface area contributed by atoms with Crippen LogP contribution in [0.1, 0.15) is 55.6 Å². The van der Waals surface area contributed by atoms with Gasteiger partial charge in [0.25, 0.3) is 0 Å². The molecule has 23 heavy (non-hydrogen) atoms.